The van der Waals surface area contributed by atoms with Crippen molar-refractivity contribution in [3.63, 3.8) is 0 Å². The highest BCUT2D eigenvalue weighted by atomic mass is 16.4. The van der Waals surface area contributed by atoms with E-state index >= 15 is 0 Å². The Kier molecular flexibility index (Phi) is 8.22. The summed E-state index contributed by atoms with van der Waals surface area (Å²) in [5.41, 5.74) is 10.7. The van der Waals surface area contributed by atoms with Crippen LogP contribution in [0.3, 0.4) is 0 Å². The number of aliphatic imine (C=N–C) groups is 2. The second kappa shape index (κ2) is 13.0. The first kappa shape index (κ1) is 32.2. The van der Waals surface area contributed by atoms with E-state index in [1.54, 1.807) is 23.8 Å². The lowest BCUT2D eigenvalue weighted by molar-refractivity contribution is 0.330. The van der Waals surface area contributed by atoms with Gasteiger partial charge in [-0.2, -0.15) is 0 Å². The predicted octanol–water partition coefficient (Wildman–Crippen LogP) is 8.85. The lowest BCUT2D eigenvalue weighted by atomic mass is 9.80. The quantitative estimate of drug-likeness (QED) is 0.0854. The molecule has 1 saturated carbocycles. The molecule has 0 spiro atoms. The van der Waals surface area contributed by atoms with E-state index in [0.29, 0.717) is 28.7 Å². The molecular formula is C43H39N3O5. The second-order valence-electron chi connectivity index (χ2n) is 13.6. The zero-order chi connectivity index (χ0) is 35.2. The van der Waals surface area contributed by atoms with Crippen molar-refractivity contribution < 1.29 is 25.5 Å². The molecule has 0 radical (unpaired) electrons. The molecule has 0 saturated heterocycles. The van der Waals surface area contributed by atoms with Crippen molar-refractivity contribution in [2.45, 2.75) is 51.6 Å². The highest BCUT2D eigenvalue weighted by Crippen LogP contribution is 2.55. The number of phenolic OH excluding ortho intramolecular Hbond substituents is 5. The van der Waals surface area contributed by atoms with Gasteiger partial charge >= 0.3 is 0 Å². The fourth-order valence-electron chi connectivity index (χ4n) is 7.45. The Morgan fingerprint density at radius 2 is 1.35 bits per heavy atom. The van der Waals surface area contributed by atoms with Crippen LogP contribution in [0.2, 0.25) is 0 Å². The van der Waals surface area contributed by atoms with E-state index < -0.39 is 34.9 Å². The summed E-state index contributed by atoms with van der Waals surface area (Å²) in [5.74, 6) is -2.43. The summed E-state index contributed by atoms with van der Waals surface area (Å²) in [6.07, 6.45) is 15.2. The van der Waals surface area contributed by atoms with Gasteiger partial charge < -0.3 is 30.8 Å². The summed E-state index contributed by atoms with van der Waals surface area (Å²) >= 11 is 0. The molecule has 8 nitrogen and oxygen atoms in total. The molecule has 4 aromatic rings. The molecule has 51 heavy (non-hydrogen) atoms. The third kappa shape index (κ3) is 5.97. The summed E-state index contributed by atoms with van der Waals surface area (Å²) < 4.78 is 0. The van der Waals surface area contributed by atoms with E-state index in [-0.39, 0.29) is 5.56 Å². The molecule has 0 amide bonds. The van der Waals surface area contributed by atoms with Crippen LogP contribution in [-0.4, -0.2) is 37.2 Å². The van der Waals surface area contributed by atoms with Crippen molar-refractivity contribution in [2.24, 2.45) is 15.9 Å². The minimum absolute atomic E-state index is 0.224. The van der Waals surface area contributed by atoms with Crippen LogP contribution in [0.4, 0.5) is 0 Å². The smallest absolute Gasteiger partial charge is 0.208 e. The highest BCUT2D eigenvalue weighted by molar-refractivity contribution is 6.16. The monoisotopic (exact) mass is 677 g/mol. The Morgan fingerprint density at radius 3 is 2.08 bits per heavy atom. The van der Waals surface area contributed by atoms with Crippen LogP contribution >= 0.6 is 0 Å². The Hall–Kier alpha value is -6.02. The average molecular weight is 678 g/mol. The summed E-state index contributed by atoms with van der Waals surface area (Å²) in [7, 11) is 0. The molecule has 1 heterocycles. The predicted molar refractivity (Wildman–Crippen MR) is 200 cm³/mol. The number of hydrogen-bond acceptors (Lipinski definition) is 8. The Bertz CT molecular complexity index is 2230. The van der Waals surface area contributed by atoms with Gasteiger partial charge in [-0.3, -0.25) is 0 Å². The maximum absolute atomic E-state index is 10.7. The molecule has 4 aliphatic rings. The number of rotatable bonds is 7. The number of benzene rings is 4. The first-order valence-electron chi connectivity index (χ1n) is 17.5. The van der Waals surface area contributed by atoms with Crippen LogP contribution in [0.25, 0.3) is 16.7 Å². The van der Waals surface area contributed by atoms with Gasteiger partial charge in [0.05, 0.1) is 5.56 Å². The third-order valence-corrected chi connectivity index (χ3v) is 10.3. The van der Waals surface area contributed by atoms with Crippen molar-refractivity contribution >= 4 is 17.2 Å². The van der Waals surface area contributed by atoms with Crippen LogP contribution in [0, 0.1) is 12.8 Å². The highest BCUT2D eigenvalue weighted by Gasteiger charge is 2.32. The van der Waals surface area contributed by atoms with Gasteiger partial charge in [-0.25, -0.2) is 9.98 Å². The Balaban J connectivity index is 1.23. The minimum Gasteiger partial charge on any atom is -0.504 e. The molecule has 0 bridgehead atoms. The molecule has 3 aliphatic carbocycles. The number of hydrogen-bond donors (Lipinski definition) is 6. The van der Waals surface area contributed by atoms with Gasteiger partial charge in [-0.15, -0.1) is 0 Å². The first-order valence-corrected chi connectivity index (χ1v) is 17.5. The molecule has 1 unspecified atom stereocenters. The summed E-state index contributed by atoms with van der Waals surface area (Å²) in [4.78, 5) is 10.1. The number of amidine groups is 2. The largest absolute Gasteiger partial charge is 0.504 e. The van der Waals surface area contributed by atoms with Gasteiger partial charge in [0.2, 0.25) is 17.2 Å². The zero-order valence-electron chi connectivity index (χ0n) is 28.3. The first-order chi connectivity index (χ1) is 24.8. The standard InChI is InChI=1S/C43H39N3O5/c1-24-31(34-23-28(25-10-4-2-5-11-25)20-21-33(34)26-18-19-26)16-9-17-32(24)43-45-41(27-12-6-3-7-13-27)44-42(46-43)30-15-8-14-29(22-30)35-36(47)38(49)40(51)39(50)37(35)48/h2-4,6-10,12-17,22-23,26,42,47-51H,5,11,18-21H2,1H3,(H,44,45,46). The molecule has 4 aromatic carbocycles. The lowest BCUT2D eigenvalue weighted by Crippen LogP contribution is -2.36. The molecule has 1 atom stereocenters. The topological polar surface area (TPSA) is 138 Å². The number of nitrogens with zero attached hydrogens (tertiary/aromatic N) is 2. The van der Waals surface area contributed by atoms with Crippen LogP contribution in [-0.2, 0) is 0 Å². The van der Waals surface area contributed by atoms with Crippen molar-refractivity contribution in [1.29, 1.82) is 0 Å². The maximum Gasteiger partial charge on any atom is 0.208 e. The normalized spacial score (nSPS) is 18.8. The third-order valence-electron chi connectivity index (χ3n) is 10.3. The van der Waals surface area contributed by atoms with E-state index in [2.05, 4.69) is 54.7 Å². The molecule has 0 aromatic heterocycles. The van der Waals surface area contributed by atoms with Crippen molar-refractivity contribution in [1.82, 2.24) is 5.32 Å². The number of nitrogens with one attached hydrogen (secondary N) is 1. The molecule has 256 valence electrons. The molecule has 8 heteroatoms. The fraction of sp³-hybridized carbons (Fsp3) is 0.209. The number of aromatic hydroxyl groups is 5. The molecule has 8 rings (SSSR count). The Morgan fingerprint density at radius 1 is 0.667 bits per heavy atom. The summed E-state index contributed by atoms with van der Waals surface area (Å²) in [5, 5.41) is 55.3. The van der Waals surface area contributed by atoms with Crippen LogP contribution in [0.5, 0.6) is 28.7 Å². The van der Waals surface area contributed by atoms with Crippen LogP contribution < -0.4 is 5.32 Å². The van der Waals surface area contributed by atoms with Crippen LogP contribution in [0.15, 0.2) is 124 Å². The molecular weight excluding hydrogens is 638 g/mol. The number of allylic oxidation sites excluding steroid dienone is 8. The minimum atomic E-state index is -1.00. The number of phenols is 5. The van der Waals surface area contributed by atoms with Gasteiger partial charge in [0.15, 0.2) is 17.7 Å². The lowest BCUT2D eigenvalue weighted by Gasteiger charge is -2.26. The van der Waals surface area contributed by atoms with E-state index in [0.717, 1.165) is 42.4 Å². The van der Waals surface area contributed by atoms with Gasteiger partial charge in [0.1, 0.15) is 11.7 Å². The molecule has 1 fully saturated rings. The molecule has 1 aliphatic heterocycles. The Labute approximate surface area is 296 Å². The van der Waals surface area contributed by atoms with Gasteiger partial charge in [0.25, 0.3) is 0 Å². The van der Waals surface area contributed by atoms with E-state index in [1.165, 1.54) is 35.1 Å². The molecule has 6 N–H and O–H groups in total. The second-order valence-corrected chi connectivity index (χ2v) is 13.6. The van der Waals surface area contributed by atoms with E-state index in [9.17, 15) is 25.5 Å². The summed E-state index contributed by atoms with van der Waals surface area (Å²) in [6.45, 7) is 2.16. The van der Waals surface area contributed by atoms with Gasteiger partial charge in [0, 0.05) is 11.1 Å². The van der Waals surface area contributed by atoms with Crippen molar-refractivity contribution in [3.8, 4) is 39.9 Å². The van der Waals surface area contributed by atoms with Crippen molar-refractivity contribution in [3.05, 3.63) is 142 Å². The van der Waals surface area contributed by atoms with Crippen molar-refractivity contribution in [2.75, 3.05) is 0 Å². The van der Waals surface area contributed by atoms with E-state index in [4.69, 9.17) is 9.98 Å². The van der Waals surface area contributed by atoms with Gasteiger partial charge in [-0.1, -0.05) is 96.6 Å². The zero-order valence-corrected chi connectivity index (χ0v) is 28.3. The van der Waals surface area contributed by atoms with Gasteiger partial charge in [-0.05, 0) is 96.4 Å². The fourth-order valence-corrected chi connectivity index (χ4v) is 7.45. The SMILES string of the molecule is Cc1c(C2=NC(c3cccc(-c4c(O)c(O)c(O)c(O)c4O)c3)N=C(c3ccccc3)N2)cccc1C1=C(C2CC2)CCC(C2=CC=CCC2)=C1. The maximum atomic E-state index is 10.7. The van der Waals surface area contributed by atoms with Crippen LogP contribution in [0.1, 0.15) is 72.5 Å². The van der Waals surface area contributed by atoms with E-state index in [1.807, 2.05) is 36.4 Å². The summed E-state index contributed by atoms with van der Waals surface area (Å²) in [6, 6.07) is 23.1. The average Bonchev–Trinajstić information content (AvgIpc) is 4.03.